The van der Waals surface area contributed by atoms with Gasteiger partial charge in [0.15, 0.2) is 0 Å². The van der Waals surface area contributed by atoms with E-state index in [4.69, 9.17) is 12.2 Å². The third kappa shape index (κ3) is 11.2. The highest BCUT2D eigenvalue weighted by molar-refractivity contribution is 7.80. The molecule has 2 N–H and O–H groups in total. The van der Waals surface area contributed by atoms with E-state index in [1.54, 1.807) is 6.07 Å². The molecule has 0 fully saturated rings. The summed E-state index contributed by atoms with van der Waals surface area (Å²) < 4.78 is 0. The van der Waals surface area contributed by atoms with Crippen LogP contribution in [0.2, 0.25) is 0 Å². The van der Waals surface area contributed by atoms with Crippen LogP contribution in [0.25, 0.3) is 0 Å². The summed E-state index contributed by atoms with van der Waals surface area (Å²) in [5.41, 5.74) is 0.818. The Morgan fingerprint density at radius 2 is 1.64 bits per heavy atom. The van der Waals surface area contributed by atoms with Crippen LogP contribution in [0.3, 0.4) is 0 Å². The average Bonchev–Trinajstić information content (AvgIpc) is 2.61. The molecule has 0 radical (unpaired) electrons. The molecule has 0 saturated carbocycles. The molecule has 1 atom stereocenters. The van der Waals surface area contributed by atoms with Gasteiger partial charge >= 0.3 is 0 Å². The second-order valence-corrected chi connectivity index (χ2v) is 7.84. The molecule has 0 heterocycles. The smallest absolute Gasteiger partial charge is 0.138 e. The molecule has 0 aromatic heterocycles. The van der Waals surface area contributed by atoms with E-state index in [1.165, 1.54) is 49.8 Å². The maximum atomic E-state index is 9.69. The molecule has 2 nitrogen and oxygen atoms in total. The van der Waals surface area contributed by atoms with E-state index >= 15 is 0 Å². The zero-order valence-corrected chi connectivity index (χ0v) is 17.0. The number of aromatic hydroxyl groups is 1. The van der Waals surface area contributed by atoms with Gasteiger partial charge in [0.05, 0.1) is 5.69 Å². The standard InChI is InChI=1S/C22H37NOS/c1-3-19(2)13-7-5-4-6-8-14-20(25)15-11-12-18-23-21-16-9-10-17-22(21)24/h9-10,16-17,19,23-24H,3-8,11-15,18H2,1-2H3. The van der Waals surface area contributed by atoms with Crippen molar-refractivity contribution in [2.45, 2.75) is 84.5 Å². The van der Waals surface area contributed by atoms with Crippen LogP contribution in [0.4, 0.5) is 5.69 Å². The van der Waals surface area contributed by atoms with Crippen LogP contribution in [-0.2, 0) is 0 Å². The van der Waals surface area contributed by atoms with Crippen molar-refractivity contribution < 1.29 is 5.11 Å². The lowest BCUT2D eigenvalue weighted by Crippen LogP contribution is -2.03. The number of hydrogen-bond donors (Lipinski definition) is 2. The molecule has 142 valence electrons. The first-order valence-corrected chi connectivity index (χ1v) is 10.6. The Hall–Kier alpha value is -1.09. The van der Waals surface area contributed by atoms with Crippen LogP contribution >= 0.6 is 12.2 Å². The number of para-hydroxylation sites is 2. The van der Waals surface area contributed by atoms with Gasteiger partial charge in [-0.1, -0.05) is 76.7 Å². The lowest BCUT2D eigenvalue weighted by molar-refractivity contribution is 0.473. The first-order chi connectivity index (χ1) is 12.1. The van der Waals surface area contributed by atoms with Gasteiger partial charge in [0.1, 0.15) is 5.75 Å². The summed E-state index contributed by atoms with van der Waals surface area (Å²) in [6.45, 7) is 5.53. The monoisotopic (exact) mass is 363 g/mol. The van der Waals surface area contributed by atoms with E-state index < -0.39 is 0 Å². The predicted molar refractivity (Wildman–Crippen MR) is 115 cm³/mol. The lowest BCUT2D eigenvalue weighted by Gasteiger charge is -2.09. The fourth-order valence-electron chi connectivity index (χ4n) is 2.97. The number of anilines is 1. The van der Waals surface area contributed by atoms with E-state index in [0.29, 0.717) is 5.75 Å². The maximum Gasteiger partial charge on any atom is 0.138 e. The van der Waals surface area contributed by atoms with Gasteiger partial charge < -0.3 is 10.4 Å². The van der Waals surface area contributed by atoms with Crippen molar-refractivity contribution in [3.05, 3.63) is 24.3 Å². The fraction of sp³-hybridized carbons (Fsp3) is 0.682. The molecule has 0 aliphatic carbocycles. The Morgan fingerprint density at radius 3 is 2.36 bits per heavy atom. The fourth-order valence-corrected chi connectivity index (χ4v) is 3.26. The molecule has 0 amide bonds. The summed E-state index contributed by atoms with van der Waals surface area (Å²) >= 11 is 5.51. The molecular formula is C22H37NOS. The molecule has 0 spiro atoms. The maximum absolute atomic E-state index is 9.69. The van der Waals surface area contributed by atoms with Gasteiger partial charge in [-0.3, -0.25) is 0 Å². The first kappa shape index (κ1) is 22.0. The zero-order chi connectivity index (χ0) is 18.3. The Balaban J connectivity index is 1.91. The second-order valence-electron chi connectivity index (χ2n) is 7.26. The molecule has 1 rings (SSSR count). The molecule has 1 aromatic rings. The summed E-state index contributed by atoms with van der Waals surface area (Å²) in [5.74, 6) is 1.22. The van der Waals surface area contributed by atoms with Gasteiger partial charge in [0, 0.05) is 6.54 Å². The molecule has 0 bridgehead atoms. The molecule has 1 unspecified atom stereocenters. The van der Waals surface area contributed by atoms with Crippen molar-refractivity contribution in [1.82, 2.24) is 0 Å². The first-order valence-electron chi connectivity index (χ1n) is 10.2. The van der Waals surface area contributed by atoms with Gasteiger partial charge in [-0.05, 0) is 55.0 Å². The third-order valence-corrected chi connectivity index (χ3v) is 5.36. The molecule has 0 saturated heterocycles. The summed E-state index contributed by atoms with van der Waals surface area (Å²) in [6, 6.07) is 7.39. The molecule has 3 heteroatoms. The number of phenols is 1. The van der Waals surface area contributed by atoms with Gasteiger partial charge in [0.25, 0.3) is 0 Å². The van der Waals surface area contributed by atoms with Gasteiger partial charge in [-0.25, -0.2) is 0 Å². The van der Waals surface area contributed by atoms with E-state index in [1.807, 2.05) is 18.2 Å². The topological polar surface area (TPSA) is 32.3 Å². The van der Waals surface area contributed by atoms with Crippen molar-refractivity contribution >= 4 is 22.8 Å². The van der Waals surface area contributed by atoms with Gasteiger partial charge in [-0.2, -0.15) is 0 Å². The van der Waals surface area contributed by atoms with Crippen LogP contribution in [0, 0.1) is 5.92 Å². The summed E-state index contributed by atoms with van der Waals surface area (Å²) in [6.07, 6.45) is 13.8. The average molecular weight is 364 g/mol. The highest BCUT2D eigenvalue weighted by atomic mass is 32.1. The number of benzene rings is 1. The Bertz CT molecular complexity index is 475. The predicted octanol–water partition coefficient (Wildman–Crippen LogP) is 7.12. The van der Waals surface area contributed by atoms with Crippen LogP contribution in [0.5, 0.6) is 5.75 Å². The molecule has 25 heavy (non-hydrogen) atoms. The van der Waals surface area contributed by atoms with Crippen LogP contribution in [0.15, 0.2) is 24.3 Å². The Labute approximate surface area is 160 Å². The van der Waals surface area contributed by atoms with Gasteiger partial charge in [0.2, 0.25) is 0 Å². The number of unbranched alkanes of at least 4 members (excludes halogenated alkanes) is 5. The van der Waals surface area contributed by atoms with Crippen molar-refractivity contribution in [2.75, 3.05) is 11.9 Å². The van der Waals surface area contributed by atoms with Crippen molar-refractivity contribution in [2.24, 2.45) is 5.92 Å². The summed E-state index contributed by atoms with van der Waals surface area (Å²) in [5, 5.41) is 13.0. The highest BCUT2D eigenvalue weighted by Crippen LogP contribution is 2.21. The van der Waals surface area contributed by atoms with E-state index in [9.17, 15) is 5.11 Å². The third-order valence-electron chi connectivity index (χ3n) is 4.95. The van der Waals surface area contributed by atoms with E-state index in [0.717, 1.165) is 43.8 Å². The quantitative estimate of drug-likeness (QED) is 0.198. The summed E-state index contributed by atoms with van der Waals surface area (Å²) in [4.78, 5) is 1.24. The number of rotatable bonds is 15. The number of nitrogens with one attached hydrogen (secondary N) is 1. The van der Waals surface area contributed by atoms with Crippen LogP contribution < -0.4 is 5.32 Å². The Kier molecular flexibility index (Phi) is 12.4. The summed E-state index contributed by atoms with van der Waals surface area (Å²) in [7, 11) is 0. The number of phenolic OH excluding ortho intramolecular Hbond substituents is 1. The minimum Gasteiger partial charge on any atom is -0.506 e. The molecule has 0 aliphatic heterocycles. The lowest BCUT2D eigenvalue weighted by atomic mass is 9.99. The van der Waals surface area contributed by atoms with E-state index in [2.05, 4.69) is 19.2 Å². The second kappa shape index (κ2) is 14.1. The van der Waals surface area contributed by atoms with E-state index in [-0.39, 0.29) is 0 Å². The van der Waals surface area contributed by atoms with Crippen molar-refractivity contribution in [3.8, 4) is 5.75 Å². The largest absolute Gasteiger partial charge is 0.506 e. The number of hydrogen-bond acceptors (Lipinski definition) is 3. The minimum absolute atomic E-state index is 0.321. The normalized spacial score (nSPS) is 12.1. The molecule has 0 aliphatic rings. The Morgan fingerprint density at radius 1 is 1.00 bits per heavy atom. The van der Waals surface area contributed by atoms with Gasteiger partial charge in [-0.15, -0.1) is 0 Å². The highest BCUT2D eigenvalue weighted by Gasteiger charge is 2.01. The minimum atomic E-state index is 0.321. The number of thiocarbonyl (C=S) groups is 1. The van der Waals surface area contributed by atoms with Crippen LogP contribution in [-0.4, -0.2) is 16.5 Å². The van der Waals surface area contributed by atoms with Crippen molar-refractivity contribution in [1.29, 1.82) is 0 Å². The zero-order valence-electron chi connectivity index (χ0n) is 16.2. The van der Waals surface area contributed by atoms with Crippen LogP contribution in [0.1, 0.15) is 84.5 Å². The molecule has 1 aromatic carbocycles. The molecular weight excluding hydrogens is 326 g/mol. The SMILES string of the molecule is CCC(C)CCCCCCCC(=S)CCCCNc1ccccc1O. The van der Waals surface area contributed by atoms with Crippen molar-refractivity contribution in [3.63, 3.8) is 0 Å².